The molecule has 2 N–H and O–H groups in total. The Kier molecular flexibility index (Phi) is 2.60. The molecule has 1 saturated heterocycles. The van der Waals surface area contributed by atoms with Crippen LogP contribution in [-0.4, -0.2) is 32.4 Å². The summed E-state index contributed by atoms with van der Waals surface area (Å²) in [5, 5.41) is 3.46. The summed E-state index contributed by atoms with van der Waals surface area (Å²) in [6, 6.07) is 2.06. The molecular formula is C13H14BrN5. The van der Waals surface area contributed by atoms with Gasteiger partial charge in [-0.25, -0.2) is 9.97 Å². The van der Waals surface area contributed by atoms with Gasteiger partial charge in [-0.15, -0.1) is 0 Å². The number of nitrogens with one attached hydrogen (secondary N) is 2. The van der Waals surface area contributed by atoms with E-state index in [1.54, 1.807) is 0 Å². The van der Waals surface area contributed by atoms with Crippen LogP contribution in [0.3, 0.4) is 0 Å². The molecule has 3 aromatic rings. The second kappa shape index (κ2) is 4.31. The molecule has 1 aliphatic heterocycles. The van der Waals surface area contributed by atoms with Crippen LogP contribution in [0.5, 0.6) is 0 Å². The van der Waals surface area contributed by atoms with Gasteiger partial charge in [0.2, 0.25) is 0 Å². The van der Waals surface area contributed by atoms with E-state index in [0.717, 1.165) is 40.2 Å². The summed E-state index contributed by atoms with van der Waals surface area (Å²) in [5.74, 6) is 1.59. The topological polar surface area (TPSA) is 58.0 Å². The number of aromatic amines is 1. The molecule has 3 aromatic heterocycles. The number of rotatable bonds is 1. The fourth-order valence-electron chi connectivity index (χ4n) is 2.90. The summed E-state index contributed by atoms with van der Waals surface area (Å²) in [6.45, 7) is 2.11. The van der Waals surface area contributed by atoms with Gasteiger partial charge in [0, 0.05) is 18.7 Å². The van der Waals surface area contributed by atoms with E-state index in [1.165, 1.54) is 12.8 Å². The Hall–Kier alpha value is -1.40. The maximum Gasteiger partial charge on any atom is 0.154 e. The van der Waals surface area contributed by atoms with Crippen LogP contribution < -0.4 is 5.32 Å². The summed E-state index contributed by atoms with van der Waals surface area (Å²) in [7, 11) is 0. The predicted octanol–water partition coefficient (Wildman–Crippen LogP) is 2.44. The molecule has 0 aromatic carbocycles. The summed E-state index contributed by atoms with van der Waals surface area (Å²) >= 11 is 3.56. The molecule has 0 radical (unpaired) electrons. The van der Waals surface area contributed by atoms with Gasteiger partial charge < -0.3 is 10.3 Å². The lowest BCUT2D eigenvalue weighted by Gasteiger charge is -2.21. The van der Waals surface area contributed by atoms with Crippen molar-refractivity contribution in [3.63, 3.8) is 0 Å². The van der Waals surface area contributed by atoms with Crippen molar-refractivity contribution in [2.45, 2.75) is 18.8 Å². The van der Waals surface area contributed by atoms with E-state index in [0.29, 0.717) is 5.92 Å². The third-order valence-corrected chi connectivity index (χ3v) is 4.40. The highest BCUT2D eigenvalue weighted by Gasteiger charge is 2.22. The number of H-pyrrole nitrogens is 1. The average Bonchev–Trinajstić information content (AvgIpc) is 3.04. The Morgan fingerprint density at radius 2 is 2.32 bits per heavy atom. The number of fused-ring (bicyclic) bond motifs is 3. The van der Waals surface area contributed by atoms with Crippen LogP contribution in [-0.2, 0) is 0 Å². The fraction of sp³-hybridized carbons (Fsp3) is 0.385. The summed E-state index contributed by atoms with van der Waals surface area (Å²) in [4.78, 5) is 12.3. The van der Waals surface area contributed by atoms with Crippen LogP contribution >= 0.6 is 15.9 Å². The first-order chi connectivity index (χ1) is 9.34. The van der Waals surface area contributed by atoms with E-state index >= 15 is 0 Å². The van der Waals surface area contributed by atoms with E-state index in [2.05, 4.69) is 41.7 Å². The van der Waals surface area contributed by atoms with E-state index in [-0.39, 0.29) is 0 Å². The zero-order valence-corrected chi connectivity index (χ0v) is 11.9. The zero-order chi connectivity index (χ0) is 12.8. The predicted molar refractivity (Wildman–Crippen MR) is 77.4 cm³/mol. The molecule has 1 fully saturated rings. The maximum absolute atomic E-state index is 4.73. The molecule has 6 heteroatoms. The van der Waals surface area contributed by atoms with Crippen molar-refractivity contribution >= 4 is 32.6 Å². The molecule has 0 spiro atoms. The summed E-state index contributed by atoms with van der Waals surface area (Å²) in [5.41, 5.74) is 3.03. The van der Waals surface area contributed by atoms with Crippen LogP contribution in [0.4, 0.5) is 0 Å². The minimum absolute atomic E-state index is 0.466. The quantitative estimate of drug-likeness (QED) is 0.724. The van der Waals surface area contributed by atoms with Crippen LogP contribution in [0.2, 0.25) is 0 Å². The smallest absolute Gasteiger partial charge is 0.154 e. The van der Waals surface area contributed by atoms with Gasteiger partial charge in [-0.05, 0) is 41.4 Å². The number of hydrogen-bond acceptors (Lipinski definition) is 3. The van der Waals surface area contributed by atoms with Gasteiger partial charge in [-0.2, -0.15) is 0 Å². The van der Waals surface area contributed by atoms with Crippen molar-refractivity contribution in [3.8, 4) is 0 Å². The van der Waals surface area contributed by atoms with E-state index in [4.69, 9.17) is 4.98 Å². The van der Waals surface area contributed by atoms with E-state index in [1.807, 2.05) is 12.4 Å². The monoisotopic (exact) mass is 319 g/mol. The molecule has 0 aliphatic carbocycles. The summed E-state index contributed by atoms with van der Waals surface area (Å²) < 4.78 is 3.10. The second-order valence-corrected chi connectivity index (χ2v) is 5.75. The van der Waals surface area contributed by atoms with Gasteiger partial charge in [-0.3, -0.25) is 4.40 Å². The minimum atomic E-state index is 0.466. The number of hydrogen-bond donors (Lipinski definition) is 2. The van der Waals surface area contributed by atoms with Gasteiger partial charge in [0.1, 0.15) is 10.4 Å². The first-order valence-electron chi connectivity index (χ1n) is 6.55. The second-order valence-electron chi connectivity index (χ2n) is 4.99. The van der Waals surface area contributed by atoms with Crippen molar-refractivity contribution in [3.05, 3.63) is 28.9 Å². The molecule has 0 unspecified atom stereocenters. The van der Waals surface area contributed by atoms with E-state index in [9.17, 15) is 0 Å². The van der Waals surface area contributed by atoms with E-state index < -0.39 is 0 Å². The molecule has 98 valence electrons. The molecule has 1 aliphatic rings. The molecular weight excluding hydrogens is 306 g/mol. The highest BCUT2D eigenvalue weighted by Crippen LogP contribution is 2.29. The summed E-state index contributed by atoms with van der Waals surface area (Å²) in [6.07, 6.45) is 6.19. The fourth-order valence-corrected chi connectivity index (χ4v) is 3.36. The lowest BCUT2D eigenvalue weighted by Crippen LogP contribution is -2.29. The number of nitrogens with zero attached hydrogens (tertiary/aromatic N) is 3. The highest BCUT2D eigenvalue weighted by atomic mass is 79.9. The number of halogens is 1. The standard InChI is InChI=1S/C13H14BrN5/c14-11-10-7-17-12-9(3-5-16-12)19(10)13(18-11)8-2-1-4-15-6-8/h3,5,7-8,15-16H,1-2,4,6H2/t8-/m1/s1. The number of piperidine rings is 1. The largest absolute Gasteiger partial charge is 0.345 e. The van der Waals surface area contributed by atoms with Crippen molar-refractivity contribution in [2.75, 3.05) is 13.1 Å². The molecule has 4 rings (SSSR count). The molecule has 0 saturated carbocycles. The van der Waals surface area contributed by atoms with Gasteiger partial charge in [0.25, 0.3) is 0 Å². The molecule has 0 bridgehead atoms. The van der Waals surface area contributed by atoms with Crippen LogP contribution in [0.1, 0.15) is 24.6 Å². The minimum Gasteiger partial charge on any atom is -0.345 e. The molecule has 1 atom stereocenters. The zero-order valence-electron chi connectivity index (χ0n) is 10.4. The first kappa shape index (κ1) is 11.4. The molecule has 0 amide bonds. The van der Waals surface area contributed by atoms with Crippen LogP contribution in [0, 0.1) is 0 Å². The average molecular weight is 320 g/mol. The maximum atomic E-state index is 4.73. The third kappa shape index (κ3) is 1.70. The van der Waals surface area contributed by atoms with Gasteiger partial charge in [0.05, 0.1) is 17.2 Å². The number of aromatic nitrogens is 4. The Labute approximate surface area is 118 Å². The Balaban J connectivity index is 2.00. The molecule has 4 heterocycles. The SMILES string of the molecule is Brc1nc([C@@H]2CCCNC2)n2c1cnc1[nH]ccc12. The van der Waals surface area contributed by atoms with Crippen LogP contribution in [0.15, 0.2) is 23.1 Å². The van der Waals surface area contributed by atoms with Crippen LogP contribution in [0.25, 0.3) is 16.7 Å². The lowest BCUT2D eigenvalue weighted by molar-refractivity contribution is 0.446. The Morgan fingerprint density at radius 3 is 3.16 bits per heavy atom. The third-order valence-electron chi connectivity index (χ3n) is 3.82. The first-order valence-corrected chi connectivity index (χ1v) is 7.34. The Bertz CT molecular complexity index is 738. The van der Waals surface area contributed by atoms with Gasteiger partial charge in [0.15, 0.2) is 5.65 Å². The van der Waals surface area contributed by atoms with Crippen molar-refractivity contribution < 1.29 is 0 Å². The molecule has 19 heavy (non-hydrogen) atoms. The molecule has 5 nitrogen and oxygen atoms in total. The Morgan fingerprint density at radius 1 is 1.37 bits per heavy atom. The normalized spacial score (nSPS) is 20.4. The number of imidazole rings is 1. The van der Waals surface area contributed by atoms with Crippen molar-refractivity contribution in [2.24, 2.45) is 0 Å². The van der Waals surface area contributed by atoms with Gasteiger partial charge >= 0.3 is 0 Å². The highest BCUT2D eigenvalue weighted by molar-refractivity contribution is 9.10. The van der Waals surface area contributed by atoms with Gasteiger partial charge in [-0.1, -0.05) is 0 Å². The lowest BCUT2D eigenvalue weighted by atomic mass is 9.99. The van der Waals surface area contributed by atoms with Crippen molar-refractivity contribution in [1.82, 2.24) is 24.7 Å². The van der Waals surface area contributed by atoms with Crippen molar-refractivity contribution in [1.29, 1.82) is 0 Å².